The number of unbranched alkanes of at least 4 members (excludes halogenated alkanes) is 1. The number of benzene rings is 2. The first-order chi connectivity index (χ1) is 42.4. The molecule has 0 saturated heterocycles. The molecule has 0 saturated carbocycles. The summed E-state index contributed by atoms with van der Waals surface area (Å²) in [4.78, 5) is 117. The molecule has 3 amide bonds. The third kappa shape index (κ3) is 18.7. The fourth-order valence-electron chi connectivity index (χ4n) is 10.6. The average Bonchev–Trinajstić information content (AvgIpc) is 1.75. The topological polar surface area (TPSA) is 331 Å². The number of ketones is 3. The summed E-state index contributed by atoms with van der Waals surface area (Å²) in [7, 11) is -6.04. The number of aromatic nitrogens is 4. The van der Waals surface area contributed by atoms with Crippen LogP contribution in [0.4, 0.5) is 15.3 Å². The van der Waals surface area contributed by atoms with Gasteiger partial charge in [-0.15, -0.1) is 0 Å². The van der Waals surface area contributed by atoms with E-state index in [1.165, 1.54) is 12.4 Å². The number of carbonyl (C=O) groups excluding carboxylic acids is 7. The lowest BCUT2D eigenvalue weighted by Gasteiger charge is -2.35. The molecule has 3 atom stereocenters. The van der Waals surface area contributed by atoms with Gasteiger partial charge in [0.2, 0.25) is 26.5 Å². The molecule has 26 heteroatoms. The van der Waals surface area contributed by atoms with Crippen molar-refractivity contribution in [2.75, 3.05) is 57.3 Å². The Morgan fingerprint density at radius 2 is 1.57 bits per heavy atom. The molecule has 7 rings (SSSR count). The quantitative estimate of drug-likeness (QED) is 0.0138. The van der Waals surface area contributed by atoms with Crippen LogP contribution in [0, 0.1) is 17.8 Å². The molecular formula is C63H76N8O16S2. The third-order valence-corrected chi connectivity index (χ3v) is 17.5. The number of Topliss-reactive ketones (excluding diaryl/α,β-unsaturated/α-hetero) is 3. The van der Waals surface area contributed by atoms with Gasteiger partial charge < -0.3 is 44.6 Å². The van der Waals surface area contributed by atoms with E-state index in [0.29, 0.717) is 98.2 Å². The summed E-state index contributed by atoms with van der Waals surface area (Å²) in [5, 5.41) is 5.87. The highest BCUT2D eigenvalue weighted by molar-refractivity contribution is 7.97. The fraction of sp³-hybridized carbons (Fsp3) is 0.460. The Morgan fingerprint density at radius 1 is 0.888 bits per heavy atom. The number of cyclic esters (lactones) is 1. The first-order valence-corrected chi connectivity index (χ1v) is 33.3. The summed E-state index contributed by atoms with van der Waals surface area (Å²) < 4.78 is 67.6. The van der Waals surface area contributed by atoms with Gasteiger partial charge in [0.1, 0.15) is 32.2 Å². The van der Waals surface area contributed by atoms with Crippen molar-refractivity contribution in [2.45, 2.75) is 134 Å². The van der Waals surface area contributed by atoms with Crippen LogP contribution < -0.4 is 21.9 Å². The largest absolute Gasteiger partial charge is 0.510 e. The van der Waals surface area contributed by atoms with Gasteiger partial charge in [-0.1, -0.05) is 49.1 Å². The van der Waals surface area contributed by atoms with E-state index in [1.54, 1.807) is 48.1 Å². The summed E-state index contributed by atoms with van der Waals surface area (Å²) >= 11 is 0. The number of nitrogens with one attached hydrogen (secondary N) is 2. The summed E-state index contributed by atoms with van der Waals surface area (Å²) in [6.45, 7) is 5.54. The van der Waals surface area contributed by atoms with Crippen molar-refractivity contribution in [3.63, 3.8) is 0 Å². The lowest BCUT2D eigenvalue weighted by Crippen LogP contribution is -2.47. The number of primary amides is 1. The van der Waals surface area contributed by atoms with E-state index >= 15 is 0 Å². The molecule has 5 aromatic rings. The number of hydrogen-bond donors (Lipinski definition) is 3. The van der Waals surface area contributed by atoms with Gasteiger partial charge in [0.05, 0.1) is 34.6 Å². The van der Waals surface area contributed by atoms with Crippen molar-refractivity contribution in [3.05, 3.63) is 111 Å². The van der Waals surface area contributed by atoms with Gasteiger partial charge in [-0.2, -0.15) is 0 Å². The zero-order chi connectivity index (χ0) is 64.5. The van der Waals surface area contributed by atoms with Crippen LogP contribution in [0.2, 0.25) is 0 Å². The Balaban J connectivity index is 0.861. The van der Waals surface area contributed by atoms with Crippen LogP contribution in [-0.2, 0) is 99.0 Å². The number of para-hydroxylation sites is 1. The smallest absolute Gasteiger partial charge is 0.457 e. The standard InChI is InChI=1S/C63H76N8O16S2/c1-7-63(53-33-55-56-51(36-70(55)58(76)52(53)40-85-59(63)77)49(50-21-11-12-22-54(50)69-56)27-29-71(41(2)3)88(4,5)80)87-62(79)86-37-42-23-25-45(26-24-42)68-57(75)44(17-13-28-65-60(64)78)32-48(74)39-84-38-47(73)20-15-31-83-30-14-19-46(72)18-10-8-9-16-43-34-66-61(67-35-43)89(6,81)82/h11-12,21-26,33-35,41,44H,4,7-8,10,13-15,17-20,27-32,36-40H2,1-3,5-6H3,(H,68,75)(H3,64,65,78)/t44-,63+,88?/m1/s1. The minimum absolute atomic E-state index is 0.0507. The molecule has 0 radical (unpaired) electrons. The number of urea groups is 1. The van der Waals surface area contributed by atoms with E-state index in [2.05, 4.69) is 38.3 Å². The van der Waals surface area contributed by atoms with E-state index in [0.717, 1.165) is 22.8 Å². The van der Waals surface area contributed by atoms with Gasteiger partial charge in [0, 0.05) is 127 Å². The summed E-state index contributed by atoms with van der Waals surface area (Å²) in [5.74, 6) is 6.86. The number of nitrogens with zero attached hydrogens (tertiary/aromatic N) is 5. The molecule has 0 spiro atoms. The Labute approximate surface area is 517 Å². The number of ether oxygens (including phenoxy) is 5. The minimum Gasteiger partial charge on any atom is -0.457 e. The van der Waals surface area contributed by atoms with Crippen LogP contribution in [0.25, 0.3) is 22.3 Å². The summed E-state index contributed by atoms with van der Waals surface area (Å²) in [6, 6.07) is 14.8. The van der Waals surface area contributed by atoms with Crippen LogP contribution in [0.15, 0.2) is 76.9 Å². The number of hydrogen-bond acceptors (Lipinski definition) is 19. The minimum atomic E-state index is -3.50. The van der Waals surface area contributed by atoms with Gasteiger partial charge >= 0.3 is 18.2 Å². The zero-order valence-electron chi connectivity index (χ0n) is 50.7. The van der Waals surface area contributed by atoms with Gasteiger partial charge in [-0.3, -0.25) is 28.2 Å². The number of pyridine rings is 2. The molecule has 4 N–H and O–H groups in total. The molecule has 2 aliphatic heterocycles. The Hall–Kier alpha value is -8.22. The van der Waals surface area contributed by atoms with Crippen LogP contribution in [-0.4, -0.2) is 142 Å². The van der Waals surface area contributed by atoms with E-state index in [-0.39, 0.29) is 99.1 Å². The number of anilines is 1. The van der Waals surface area contributed by atoms with E-state index in [1.807, 2.05) is 42.4 Å². The highest BCUT2D eigenvalue weighted by Gasteiger charge is 2.51. The highest BCUT2D eigenvalue weighted by Crippen LogP contribution is 2.42. The van der Waals surface area contributed by atoms with Crippen molar-refractivity contribution in [1.29, 1.82) is 0 Å². The van der Waals surface area contributed by atoms with Crippen LogP contribution in [0.5, 0.6) is 0 Å². The Morgan fingerprint density at radius 3 is 2.25 bits per heavy atom. The molecule has 89 heavy (non-hydrogen) atoms. The molecule has 2 aliphatic rings. The second kappa shape index (κ2) is 31.3. The molecule has 24 nitrogen and oxygen atoms in total. The Kier molecular flexibility index (Phi) is 24.0. The predicted molar refractivity (Wildman–Crippen MR) is 331 cm³/mol. The lowest BCUT2D eigenvalue weighted by molar-refractivity contribution is -0.175. The lowest BCUT2D eigenvalue weighted by atomic mass is 9.85. The number of rotatable bonds is 33. The maximum absolute atomic E-state index is 14.4. The molecular weight excluding hydrogens is 1190 g/mol. The number of amides is 3. The van der Waals surface area contributed by atoms with Gasteiger partial charge in [-0.25, -0.2) is 42.1 Å². The first-order valence-electron chi connectivity index (χ1n) is 29.3. The van der Waals surface area contributed by atoms with Crippen LogP contribution >= 0.6 is 0 Å². The van der Waals surface area contributed by atoms with Gasteiger partial charge in [0.15, 0.2) is 11.6 Å². The monoisotopic (exact) mass is 1260 g/mol. The molecule has 1 unspecified atom stereocenters. The summed E-state index contributed by atoms with van der Waals surface area (Å²) in [5.41, 5.74) is 7.73. The van der Waals surface area contributed by atoms with Crippen LogP contribution in [0.1, 0.15) is 125 Å². The SMILES string of the molecule is C=S(C)(=O)N(CCc1c2c(nc3ccccc13)-c1cc3c(c(=O)n1C2)COC(=O)[C@@]3(CC)OC(=O)OCc1ccc(NC(=O)[C@H](CCCNC(N)=O)CC(=O)COCC(=O)CCCOCCCC(=O)CCCC#Cc2cnc(S(C)(=O)=O)nc2)cc1)C(C)C. The average molecular weight is 1270 g/mol. The molecule has 476 valence electrons. The highest BCUT2D eigenvalue weighted by atomic mass is 32.2. The molecule has 0 fully saturated rings. The second-order valence-electron chi connectivity index (χ2n) is 22.2. The van der Waals surface area contributed by atoms with Crippen molar-refractivity contribution in [2.24, 2.45) is 11.7 Å². The number of nitrogens with two attached hydrogens (primary N) is 1. The van der Waals surface area contributed by atoms with Crippen molar-refractivity contribution < 1.29 is 69.9 Å². The molecule has 2 aromatic carbocycles. The molecule has 0 bridgehead atoms. The van der Waals surface area contributed by atoms with Crippen molar-refractivity contribution in [1.82, 2.24) is 29.1 Å². The Bertz CT molecular complexity index is 3810. The number of sulfone groups is 1. The zero-order valence-corrected chi connectivity index (χ0v) is 52.4. The summed E-state index contributed by atoms with van der Waals surface area (Å²) in [6.07, 6.45) is 7.53. The molecule has 0 aliphatic carbocycles. The van der Waals surface area contributed by atoms with Crippen molar-refractivity contribution >= 4 is 83.4 Å². The number of esters is 1. The first kappa shape index (κ1) is 68.3. The number of carbonyl (C=O) groups is 7. The molecule has 3 aromatic heterocycles. The van der Waals surface area contributed by atoms with E-state index in [9.17, 15) is 51.0 Å². The van der Waals surface area contributed by atoms with E-state index < -0.39 is 73.1 Å². The van der Waals surface area contributed by atoms with Gasteiger partial charge in [-0.05, 0) is 100 Å². The maximum Gasteiger partial charge on any atom is 0.510 e. The van der Waals surface area contributed by atoms with Crippen molar-refractivity contribution in [3.8, 4) is 23.2 Å². The second-order valence-corrected chi connectivity index (χ2v) is 26.5. The fourth-order valence-corrected chi connectivity index (χ4v) is 12.4. The third-order valence-electron chi connectivity index (χ3n) is 15.0. The molecule has 5 heterocycles. The van der Waals surface area contributed by atoms with E-state index in [4.69, 9.17) is 34.4 Å². The number of fused-ring (bicyclic) bond motifs is 5. The maximum atomic E-state index is 14.4. The van der Waals surface area contributed by atoms with Crippen LogP contribution in [0.3, 0.4) is 0 Å². The normalized spacial score (nSPS) is 15.2. The van der Waals surface area contributed by atoms with Gasteiger partial charge in [0.25, 0.3) is 5.56 Å². The predicted octanol–water partition coefficient (Wildman–Crippen LogP) is 6.06.